The van der Waals surface area contributed by atoms with Crippen molar-refractivity contribution in [2.45, 2.75) is 0 Å². The molecule has 0 saturated carbocycles. The van der Waals surface area contributed by atoms with Gasteiger partial charge < -0.3 is 9.13 Å². The molecule has 0 N–H and O–H groups in total. The lowest BCUT2D eigenvalue weighted by Crippen LogP contribution is -2.00. The van der Waals surface area contributed by atoms with E-state index in [0.29, 0.717) is 16.7 Å². The van der Waals surface area contributed by atoms with Crippen LogP contribution in [-0.4, -0.2) is 9.13 Å². The Morgan fingerprint density at radius 3 is 1.56 bits per heavy atom. The van der Waals surface area contributed by atoms with Crippen LogP contribution in [0.15, 0.2) is 152 Å². The second-order valence-electron chi connectivity index (χ2n) is 12.3. The number of benzene rings is 7. The summed E-state index contributed by atoms with van der Waals surface area (Å²) < 4.78 is 4.40. The van der Waals surface area contributed by atoms with E-state index in [-0.39, 0.29) is 0 Å². The Morgan fingerprint density at radius 2 is 0.900 bits per heavy atom. The van der Waals surface area contributed by atoms with Crippen molar-refractivity contribution in [3.8, 4) is 51.8 Å². The van der Waals surface area contributed by atoms with Gasteiger partial charge in [0, 0.05) is 27.1 Å². The van der Waals surface area contributed by atoms with Gasteiger partial charge in [-0.2, -0.15) is 15.8 Å². The first-order chi connectivity index (χ1) is 24.7. The van der Waals surface area contributed by atoms with Gasteiger partial charge in [0.25, 0.3) is 0 Å². The quantitative estimate of drug-likeness (QED) is 0.193. The van der Waals surface area contributed by atoms with Crippen molar-refractivity contribution in [1.29, 1.82) is 15.8 Å². The van der Waals surface area contributed by atoms with Gasteiger partial charge in [0.05, 0.1) is 62.3 Å². The van der Waals surface area contributed by atoms with Crippen molar-refractivity contribution < 1.29 is 0 Å². The van der Waals surface area contributed by atoms with Crippen LogP contribution in [0.2, 0.25) is 0 Å². The van der Waals surface area contributed by atoms with Gasteiger partial charge in [-0.1, -0.05) is 84.9 Å². The molecule has 230 valence electrons. The summed E-state index contributed by atoms with van der Waals surface area (Å²) in [5, 5.41) is 34.5. The highest BCUT2D eigenvalue weighted by Crippen LogP contribution is 2.41. The highest BCUT2D eigenvalue weighted by Gasteiger charge is 2.20. The molecule has 0 spiro atoms. The summed E-state index contributed by atoms with van der Waals surface area (Å²) in [5.74, 6) is 0. The van der Waals surface area contributed by atoms with Crippen LogP contribution in [-0.2, 0) is 0 Å². The first kappa shape index (κ1) is 28.8. The van der Waals surface area contributed by atoms with E-state index in [1.165, 1.54) is 10.8 Å². The molecule has 9 rings (SSSR count). The van der Waals surface area contributed by atoms with Crippen molar-refractivity contribution in [3.05, 3.63) is 168 Å². The number of aromatic nitrogens is 2. The summed E-state index contributed by atoms with van der Waals surface area (Å²) in [5.41, 5.74) is 11.2. The summed E-state index contributed by atoms with van der Waals surface area (Å²) in [6.07, 6.45) is 0. The molecule has 9 aromatic rings. The lowest BCUT2D eigenvalue weighted by atomic mass is 9.91. The monoisotopic (exact) mass is 635 g/mol. The number of para-hydroxylation sites is 4. The number of fused-ring (bicyclic) bond motifs is 6. The Bertz CT molecular complexity index is 2920. The maximum atomic E-state index is 10.6. The zero-order valence-electron chi connectivity index (χ0n) is 26.7. The molecule has 2 aromatic heterocycles. The topological polar surface area (TPSA) is 81.2 Å². The molecule has 0 unspecified atom stereocenters. The Kier molecular flexibility index (Phi) is 6.56. The maximum Gasteiger partial charge on any atom is 0.101 e. The standard InChI is InChI=1S/C45H25N5/c46-26-29-17-20-33(38(23-29)36-11-3-7-15-43(36)50-41-13-5-1-9-34(41)35-10-2-6-14-42(35)50)31-19-22-40(32(25-31)28-48)49-44-16-8-4-12-37(44)39-24-30(27-47)18-21-45(39)49/h1-25H. The van der Waals surface area contributed by atoms with E-state index in [1.54, 1.807) is 0 Å². The lowest BCUT2D eigenvalue weighted by Gasteiger charge is -2.18. The SMILES string of the molecule is N#Cc1ccc(-c2ccc(-n3c4ccccc4c4cc(C#N)ccc43)c(C#N)c2)c(-c2ccccc2-n2c3ccccc3c3ccccc32)c1. The third kappa shape index (κ3) is 4.31. The Morgan fingerprint density at radius 1 is 0.360 bits per heavy atom. The first-order valence-corrected chi connectivity index (χ1v) is 16.3. The van der Waals surface area contributed by atoms with Crippen LogP contribution in [0.5, 0.6) is 0 Å². The van der Waals surface area contributed by atoms with Gasteiger partial charge in [0.1, 0.15) is 6.07 Å². The zero-order valence-corrected chi connectivity index (χ0v) is 26.7. The van der Waals surface area contributed by atoms with E-state index in [1.807, 2.05) is 91.0 Å². The molecule has 0 amide bonds. The highest BCUT2D eigenvalue weighted by molar-refractivity contribution is 6.11. The van der Waals surface area contributed by atoms with Gasteiger partial charge in [-0.3, -0.25) is 0 Å². The summed E-state index contributed by atoms with van der Waals surface area (Å²) in [7, 11) is 0. The Hall–Kier alpha value is -7.39. The van der Waals surface area contributed by atoms with E-state index >= 15 is 0 Å². The molecular weight excluding hydrogens is 611 g/mol. The largest absolute Gasteiger partial charge is 0.309 e. The molecule has 5 heteroatoms. The molecule has 0 fully saturated rings. The second kappa shape index (κ2) is 11.4. The predicted molar refractivity (Wildman–Crippen MR) is 200 cm³/mol. The van der Waals surface area contributed by atoms with E-state index < -0.39 is 0 Å². The van der Waals surface area contributed by atoms with Crippen molar-refractivity contribution >= 4 is 43.6 Å². The van der Waals surface area contributed by atoms with Gasteiger partial charge in [-0.15, -0.1) is 0 Å². The van der Waals surface area contributed by atoms with Crippen LogP contribution < -0.4 is 0 Å². The van der Waals surface area contributed by atoms with E-state index in [2.05, 4.69) is 88.0 Å². The molecule has 0 aliphatic rings. The third-order valence-corrected chi connectivity index (χ3v) is 9.63. The molecule has 0 aliphatic carbocycles. The molecule has 7 aromatic carbocycles. The Balaban J connectivity index is 1.27. The smallest absolute Gasteiger partial charge is 0.101 e. The summed E-state index contributed by atoms with van der Waals surface area (Å²) >= 11 is 0. The van der Waals surface area contributed by atoms with Crippen LogP contribution in [0, 0.1) is 34.0 Å². The lowest BCUT2D eigenvalue weighted by molar-refractivity contribution is 1.17. The average molecular weight is 636 g/mol. The van der Waals surface area contributed by atoms with Crippen molar-refractivity contribution in [1.82, 2.24) is 9.13 Å². The number of nitrogens with zero attached hydrogens (tertiary/aromatic N) is 5. The van der Waals surface area contributed by atoms with Gasteiger partial charge in [-0.05, 0) is 83.4 Å². The third-order valence-electron chi connectivity index (χ3n) is 9.63. The maximum absolute atomic E-state index is 10.6. The fourth-order valence-electron chi connectivity index (χ4n) is 7.46. The van der Waals surface area contributed by atoms with Gasteiger partial charge in [-0.25, -0.2) is 0 Å². The van der Waals surface area contributed by atoms with Crippen LogP contribution in [0.25, 0.3) is 77.2 Å². The molecule has 5 nitrogen and oxygen atoms in total. The molecule has 0 aliphatic heterocycles. The summed E-state index contributed by atoms with van der Waals surface area (Å²) in [6.45, 7) is 0. The van der Waals surface area contributed by atoms with Gasteiger partial charge in [0.15, 0.2) is 0 Å². The summed E-state index contributed by atoms with van der Waals surface area (Å²) in [4.78, 5) is 0. The van der Waals surface area contributed by atoms with E-state index in [0.717, 1.165) is 66.5 Å². The van der Waals surface area contributed by atoms with Gasteiger partial charge >= 0.3 is 0 Å². The molecule has 50 heavy (non-hydrogen) atoms. The molecule has 0 atom stereocenters. The van der Waals surface area contributed by atoms with Gasteiger partial charge in [0.2, 0.25) is 0 Å². The average Bonchev–Trinajstić information content (AvgIpc) is 3.70. The highest BCUT2D eigenvalue weighted by atomic mass is 15.0. The van der Waals surface area contributed by atoms with Crippen molar-refractivity contribution in [3.63, 3.8) is 0 Å². The van der Waals surface area contributed by atoms with Crippen LogP contribution in [0.4, 0.5) is 0 Å². The molecular formula is C45H25N5. The molecule has 0 radical (unpaired) electrons. The van der Waals surface area contributed by atoms with E-state index in [9.17, 15) is 15.8 Å². The zero-order chi connectivity index (χ0) is 33.8. The Labute approximate surface area is 287 Å². The molecule has 2 heterocycles. The van der Waals surface area contributed by atoms with Crippen LogP contribution in [0.1, 0.15) is 16.7 Å². The van der Waals surface area contributed by atoms with Crippen molar-refractivity contribution in [2.75, 3.05) is 0 Å². The fourth-order valence-corrected chi connectivity index (χ4v) is 7.46. The number of hydrogen-bond donors (Lipinski definition) is 0. The molecule has 0 saturated heterocycles. The second-order valence-corrected chi connectivity index (χ2v) is 12.3. The first-order valence-electron chi connectivity index (χ1n) is 16.3. The minimum absolute atomic E-state index is 0.514. The van der Waals surface area contributed by atoms with E-state index in [4.69, 9.17) is 0 Å². The molecule has 0 bridgehead atoms. The number of rotatable bonds is 4. The minimum Gasteiger partial charge on any atom is -0.309 e. The predicted octanol–water partition coefficient (Wildman–Crippen LogP) is 10.8. The van der Waals surface area contributed by atoms with Crippen LogP contribution >= 0.6 is 0 Å². The fraction of sp³-hybridized carbons (Fsp3) is 0. The normalized spacial score (nSPS) is 11.1. The van der Waals surface area contributed by atoms with Crippen LogP contribution in [0.3, 0.4) is 0 Å². The summed E-state index contributed by atoms with van der Waals surface area (Å²) in [6, 6.07) is 57.7. The minimum atomic E-state index is 0.514. The number of hydrogen-bond acceptors (Lipinski definition) is 3. The van der Waals surface area contributed by atoms with Crippen molar-refractivity contribution in [2.24, 2.45) is 0 Å². The number of nitriles is 3.